The maximum atomic E-state index is 11.8. The number of alkyl halides is 1. The number of halogens is 1. The highest BCUT2D eigenvalue weighted by atomic mass is 79.9. The number of pyridine rings is 1. The van der Waals surface area contributed by atoms with E-state index < -0.39 is 10.0 Å². The summed E-state index contributed by atoms with van der Waals surface area (Å²) in [5.41, 5.74) is 0.804. The lowest BCUT2D eigenvalue weighted by Gasteiger charge is -2.15. The summed E-state index contributed by atoms with van der Waals surface area (Å²) in [7, 11) is -1.57. The van der Waals surface area contributed by atoms with Gasteiger partial charge < -0.3 is 0 Å². The number of hydrogen-bond acceptors (Lipinski definition) is 3. The van der Waals surface area contributed by atoms with Crippen molar-refractivity contribution in [1.82, 2.24) is 9.29 Å². The third kappa shape index (κ3) is 4.19. The van der Waals surface area contributed by atoms with Crippen molar-refractivity contribution in [1.29, 1.82) is 0 Å². The lowest BCUT2D eigenvalue weighted by atomic mass is 10.3. The van der Waals surface area contributed by atoms with E-state index in [1.54, 1.807) is 13.2 Å². The molecule has 0 unspecified atom stereocenters. The van der Waals surface area contributed by atoms with Crippen molar-refractivity contribution >= 4 is 26.0 Å². The summed E-state index contributed by atoms with van der Waals surface area (Å²) < 4.78 is 24.9. The summed E-state index contributed by atoms with van der Waals surface area (Å²) in [6.07, 6.45) is 2.12. The van der Waals surface area contributed by atoms with Gasteiger partial charge in [-0.15, -0.1) is 0 Å². The van der Waals surface area contributed by atoms with Gasteiger partial charge in [-0.3, -0.25) is 4.98 Å². The molecule has 0 aliphatic heterocycles. The van der Waals surface area contributed by atoms with Gasteiger partial charge in [0.1, 0.15) is 0 Å². The topological polar surface area (TPSA) is 50.3 Å². The van der Waals surface area contributed by atoms with Gasteiger partial charge in [0.25, 0.3) is 0 Å². The van der Waals surface area contributed by atoms with E-state index in [1.165, 1.54) is 4.31 Å². The SMILES string of the molecule is CN(CCBr)S(=O)(=O)CCc1ccccn1. The van der Waals surface area contributed by atoms with Gasteiger partial charge in [0, 0.05) is 37.2 Å². The first-order valence-electron chi connectivity index (χ1n) is 4.96. The Labute approximate surface area is 105 Å². The Bertz CT molecular complexity index is 408. The van der Waals surface area contributed by atoms with E-state index in [0.29, 0.717) is 18.3 Å². The Hall–Kier alpha value is -0.460. The van der Waals surface area contributed by atoms with Crippen molar-refractivity contribution in [2.75, 3.05) is 24.7 Å². The molecule has 0 N–H and O–H groups in total. The molecule has 1 aromatic heterocycles. The minimum atomic E-state index is -3.16. The largest absolute Gasteiger partial charge is 0.261 e. The van der Waals surface area contributed by atoms with E-state index in [-0.39, 0.29) is 5.75 Å². The number of rotatable bonds is 6. The molecule has 6 heteroatoms. The van der Waals surface area contributed by atoms with E-state index in [0.717, 1.165) is 5.69 Å². The van der Waals surface area contributed by atoms with Crippen LogP contribution in [0.25, 0.3) is 0 Å². The average molecular weight is 307 g/mol. The normalized spacial score (nSPS) is 11.9. The molecule has 16 heavy (non-hydrogen) atoms. The molecule has 0 atom stereocenters. The molecule has 1 rings (SSSR count). The first kappa shape index (κ1) is 13.6. The Morgan fingerprint density at radius 3 is 2.75 bits per heavy atom. The third-order valence-corrected chi connectivity index (χ3v) is 4.42. The van der Waals surface area contributed by atoms with Crippen LogP contribution in [-0.4, -0.2) is 42.4 Å². The minimum absolute atomic E-state index is 0.105. The predicted octanol–water partition coefficient (Wildman–Crippen LogP) is 1.28. The maximum Gasteiger partial charge on any atom is 0.214 e. The number of aryl methyl sites for hydroxylation is 1. The maximum absolute atomic E-state index is 11.8. The van der Waals surface area contributed by atoms with Gasteiger partial charge in [0.05, 0.1) is 5.75 Å². The average Bonchev–Trinajstić information content (AvgIpc) is 2.28. The fraction of sp³-hybridized carbons (Fsp3) is 0.500. The van der Waals surface area contributed by atoms with Crippen molar-refractivity contribution in [3.8, 4) is 0 Å². The van der Waals surface area contributed by atoms with E-state index in [2.05, 4.69) is 20.9 Å². The molecule has 90 valence electrons. The van der Waals surface area contributed by atoms with Crippen molar-refractivity contribution in [2.45, 2.75) is 6.42 Å². The summed E-state index contributed by atoms with van der Waals surface area (Å²) in [5.74, 6) is 0.105. The number of aromatic nitrogens is 1. The highest BCUT2D eigenvalue weighted by molar-refractivity contribution is 9.09. The molecule has 4 nitrogen and oxygen atoms in total. The van der Waals surface area contributed by atoms with Crippen LogP contribution >= 0.6 is 15.9 Å². The van der Waals surface area contributed by atoms with Crippen LogP contribution in [0.1, 0.15) is 5.69 Å². The van der Waals surface area contributed by atoms with Gasteiger partial charge in [0.15, 0.2) is 0 Å². The van der Waals surface area contributed by atoms with Crippen LogP contribution in [0.5, 0.6) is 0 Å². The Morgan fingerprint density at radius 1 is 1.44 bits per heavy atom. The summed E-state index contributed by atoms with van der Waals surface area (Å²) in [4.78, 5) is 4.09. The van der Waals surface area contributed by atoms with Gasteiger partial charge in [-0.2, -0.15) is 0 Å². The van der Waals surface area contributed by atoms with Crippen LogP contribution in [0.15, 0.2) is 24.4 Å². The highest BCUT2D eigenvalue weighted by Gasteiger charge is 2.16. The van der Waals surface area contributed by atoms with Crippen molar-refractivity contribution < 1.29 is 8.42 Å². The van der Waals surface area contributed by atoms with Crippen LogP contribution in [0, 0.1) is 0 Å². The second-order valence-electron chi connectivity index (χ2n) is 3.40. The van der Waals surface area contributed by atoms with Crippen molar-refractivity contribution in [3.63, 3.8) is 0 Å². The lowest BCUT2D eigenvalue weighted by Crippen LogP contribution is -2.31. The van der Waals surface area contributed by atoms with Crippen molar-refractivity contribution in [3.05, 3.63) is 30.1 Å². The van der Waals surface area contributed by atoms with Gasteiger partial charge >= 0.3 is 0 Å². The Kier molecular flexibility index (Phi) is 5.37. The summed E-state index contributed by atoms with van der Waals surface area (Å²) in [6.45, 7) is 0.491. The fourth-order valence-corrected chi connectivity index (χ4v) is 3.11. The number of nitrogens with zero attached hydrogens (tertiary/aromatic N) is 2. The second-order valence-corrected chi connectivity index (χ2v) is 6.39. The van der Waals surface area contributed by atoms with Crippen LogP contribution in [0.2, 0.25) is 0 Å². The molecule has 0 fully saturated rings. The lowest BCUT2D eigenvalue weighted by molar-refractivity contribution is 0.488. The fourth-order valence-electron chi connectivity index (χ4n) is 1.19. The second kappa shape index (κ2) is 6.32. The molecular weight excluding hydrogens is 292 g/mol. The van der Waals surface area contributed by atoms with Crippen LogP contribution in [0.4, 0.5) is 0 Å². The van der Waals surface area contributed by atoms with Crippen molar-refractivity contribution in [2.24, 2.45) is 0 Å². The first-order chi connectivity index (χ1) is 7.56. The van der Waals surface area contributed by atoms with Crippen LogP contribution in [-0.2, 0) is 16.4 Å². The summed E-state index contributed by atoms with van der Waals surface area (Å²) in [6, 6.07) is 5.51. The molecule has 0 aliphatic rings. The molecule has 0 radical (unpaired) electrons. The van der Waals surface area contributed by atoms with Gasteiger partial charge in [-0.05, 0) is 12.1 Å². The Morgan fingerprint density at radius 2 is 2.19 bits per heavy atom. The summed E-state index contributed by atoms with van der Waals surface area (Å²) >= 11 is 3.22. The highest BCUT2D eigenvalue weighted by Crippen LogP contribution is 2.03. The van der Waals surface area contributed by atoms with E-state index >= 15 is 0 Å². The van der Waals surface area contributed by atoms with E-state index in [9.17, 15) is 8.42 Å². The molecule has 0 spiro atoms. The van der Waals surface area contributed by atoms with Gasteiger partial charge in [0.2, 0.25) is 10.0 Å². The molecule has 1 heterocycles. The predicted molar refractivity (Wildman–Crippen MR) is 68.2 cm³/mol. The van der Waals surface area contributed by atoms with Crippen LogP contribution < -0.4 is 0 Å². The minimum Gasteiger partial charge on any atom is -0.261 e. The van der Waals surface area contributed by atoms with Crippen LogP contribution in [0.3, 0.4) is 0 Å². The van der Waals surface area contributed by atoms with E-state index in [4.69, 9.17) is 0 Å². The van der Waals surface area contributed by atoms with Gasteiger partial charge in [-0.25, -0.2) is 12.7 Å². The standard InChI is InChI=1S/C10H15BrN2O2S/c1-13(8-6-11)16(14,15)9-5-10-4-2-3-7-12-10/h2-4,7H,5-6,8-9H2,1H3. The number of sulfonamides is 1. The molecule has 0 amide bonds. The van der Waals surface area contributed by atoms with Gasteiger partial charge in [-0.1, -0.05) is 22.0 Å². The Balaban J connectivity index is 2.55. The quantitative estimate of drug-likeness (QED) is 0.744. The molecular formula is C10H15BrN2O2S. The zero-order chi connectivity index (χ0) is 12.0. The van der Waals surface area contributed by atoms with E-state index in [1.807, 2.05) is 18.2 Å². The molecule has 0 saturated carbocycles. The molecule has 0 aromatic carbocycles. The zero-order valence-electron chi connectivity index (χ0n) is 9.13. The zero-order valence-corrected chi connectivity index (χ0v) is 11.5. The molecule has 1 aromatic rings. The first-order valence-corrected chi connectivity index (χ1v) is 7.69. The molecule has 0 saturated heterocycles. The monoisotopic (exact) mass is 306 g/mol. The number of hydrogen-bond donors (Lipinski definition) is 0. The summed E-state index contributed by atoms with van der Waals surface area (Å²) in [5, 5.41) is 0.645. The molecule has 0 bridgehead atoms. The third-order valence-electron chi connectivity index (χ3n) is 2.22. The molecule has 0 aliphatic carbocycles. The smallest absolute Gasteiger partial charge is 0.214 e.